The zero-order valence-electron chi connectivity index (χ0n) is 12.2. The molecule has 2 rings (SSSR count). The normalized spacial score (nSPS) is 17.9. The van der Waals surface area contributed by atoms with Crippen LogP contribution in [-0.2, 0) is 16.0 Å². The van der Waals surface area contributed by atoms with E-state index >= 15 is 0 Å². The van der Waals surface area contributed by atoms with Crippen molar-refractivity contribution in [3.63, 3.8) is 0 Å². The lowest BCUT2D eigenvalue weighted by Gasteiger charge is -2.16. The number of hydrogen-bond donors (Lipinski definition) is 1. The molecule has 0 spiro atoms. The number of ether oxygens (including phenoxy) is 2. The molecule has 1 aliphatic rings. The minimum Gasteiger partial charge on any atom is -0.493 e. The van der Waals surface area contributed by atoms with Gasteiger partial charge in [-0.15, -0.1) is 0 Å². The molecule has 1 amide bonds. The Labute approximate surface area is 123 Å². The number of benzene rings is 1. The molecular formula is C15H19NO5. The minimum atomic E-state index is -0.906. The summed E-state index contributed by atoms with van der Waals surface area (Å²) in [7, 11) is 3.15. The van der Waals surface area contributed by atoms with Crippen molar-refractivity contribution < 1.29 is 24.2 Å². The van der Waals surface area contributed by atoms with Crippen molar-refractivity contribution in [2.24, 2.45) is 5.92 Å². The van der Waals surface area contributed by atoms with Gasteiger partial charge in [0.25, 0.3) is 0 Å². The first-order valence-electron chi connectivity index (χ1n) is 6.76. The van der Waals surface area contributed by atoms with Gasteiger partial charge in [0.05, 0.1) is 20.1 Å². The molecule has 0 aromatic heterocycles. The number of aliphatic carboxylic acids is 1. The summed E-state index contributed by atoms with van der Waals surface area (Å²) in [6.07, 6.45) is 0.750. The second-order valence-corrected chi connectivity index (χ2v) is 5.02. The van der Waals surface area contributed by atoms with Crippen LogP contribution in [0.3, 0.4) is 0 Å². The van der Waals surface area contributed by atoms with Gasteiger partial charge in [-0.05, 0) is 24.1 Å². The number of nitrogens with zero attached hydrogens (tertiary/aromatic N) is 1. The third kappa shape index (κ3) is 3.45. The van der Waals surface area contributed by atoms with Crippen molar-refractivity contribution in [1.82, 2.24) is 4.90 Å². The Morgan fingerprint density at radius 1 is 1.33 bits per heavy atom. The topological polar surface area (TPSA) is 76.1 Å². The number of carboxylic acids is 1. The van der Waals surface area contributed by atoms with E-state index in [-0.39, 0.29) is 12.3 Å². The maximum atomic E-state index is 11.8. The molecule has 6 heteroatoms. The van der Waals surface area contributed by atoms with Gasteiger partial charge in [-0.25, -0.2) is 0 Å². The molecule has 1 aromatic carbocycles. The number of carbonyl (C=O) groups is 2. The van der Waals surface area contributed by atoms with Crippen molar-refractivity contribution >= 4 is 11.9 Å². The van der Waals surface area contributed by atoms with Crippen LogP contribution in [-0.4, -0.2) is 49.2 Å². The summed E-state index contributed by atoms with van der Waals surface area (Å²) in [6.45, 7) is 0.805. The Morgan fingerprint density at radius 2 is 2.05 bits per heavy atom. The smallest absolute Gasteiger partial charge is 0.308 e. The van der Waals surface area contributed by atoms with Gasteiger partial charge in [0.1, 0.15) is 0 Å². The monoisotopic (exact) mass is 293 g/mol. The summed E-state index contributed by atoms with van der Waals surface area (Å²) < 4.78 is 10.4. The first kappa shape index (κ1) is 15.2. The molecule has 114 valence electrons. The molecule has 0 unspecified atom stereocenters. The van der Waals surface area contributed by atoms with E-state index in [1.54, 1.807) is 19.1 Å². The summed E-state index contributed by atoms with van der Waals surface area (Å²) in [5.74, 6) is -0.279. The fourth-order valence-corrected chi connectivity index (χ4v) is 2.45. The first-order chi connectivity index (χ1) is 10.0. The Kier molecular flexibility index (Phi) is 4.67. The standard InChI is InChI=1S/C15H19NO5/c1-20-12-4-3-10(7-13(12)21-2)5-6-16-9-11(15(18)19)8-14(16)17/h3-4,7,11H,5-6,8-9H2,1-2H3,(H,18,19)/t11-/m0/s1. The van der Waals surface area contributed by atoms with Crippen LogP contribution in [0.4, 0.5) is 0 Å². The average molecular weight is 293 g/mol. The van der Waals surface area contributed by atoms with Crippen molar-refractivity contribution in [2.75, 3.05) is 27.3 Å². The summed E-state index contributed by atoms with van der Waals surface area (Å²) in [6, 6.07) is 5.60. The van der Waals surface area contributed by atoms with E-state index in [1.165, 1.54) is 0 Å². The van der Waals surface area contributed by atoms with Gasteiger partial charge in [-0.3, -0.25) is 9.59 Å². The Hall–Kier alpha value is -2.24. The van der Waals surface area contributed by atoms with E-state index in [9.17, 15) is 9.59 Å². The molecule has 1 N–H and O–H groups in total. The maximum absolute atomic E-state index is 11.8. The molecule has 1 fully saturated rings. The van der Waals surface area contributed by atoms with Gasteiger partial charge in [-0.1, -0.05) is 6.07 Å². The van der Waals surface area contributed by atoms with Gasteiger partial charge in [0.2, 0.25) is 5.91 Å². The lowest BCUT2D eigenvalue weighted by Crippen LogP contribution is -2.28. The van der Waals surface area contributed by atoms with Crippen LogP contribution in [0.5, 0.6) is 11.5 Å². The molecule has 1 aromatic rings. The number of hydrogen-bond acceptors (Lipinski definition) is 4. The number of amides is 1. The largest absolute Gasteiger partial charge is 0.493 e. The number of rotatable bonds is 6. The summed E-state index contributed by atoms with van der Waals surface area (Å²) in [5.41, 5.74) is 1.01. The summed E-state index contributed by atoms with van der Waals surface area (Å²) in [5, 5.41) is 8.95. The molecule has 0 radical (unpaired) electrons. The van der Waals surface area contributed by atoms with Crippen molar-refractivity contribution in [1.29, 1.82) is 0 Å². The predicted molar refractivity (Wildman–Crippen MR) is 75.6 cm³/mol. The molecule has 21 heavy (non-hydrogen) atoms. The van der Waals surface area contributed by atoms with Crippen LogP contribution in [0.15, 0.2) is 18.2 Å². The maximum Gasteiger partial charge on any atom is 0.308 e. The fraction of sp³-hybridized carbons (Fsp3) is 0.467. The first-order valence-corrected chi connectivity index (χ1v) is 6.76. The molecule has 1 heterocycles. The van der Waals surface area contributed by atoms with E-state index in [2.05, 4.69) is 0 Å². The lowest BCUT2D eigenvalue weighted by atomic mass is 10.1. The minimum absolute atomic E-state index is 0.0946. The van der Waals surface area contributed by atoms with E-state index in [0.29, 0.717) is 31.0 Å². The number of carboxylic acid groups (broad SMARTS) is 1. The quantitative estimate of drug-likeness (QED) is 0.852. The van der Waals surface area contributed by atoms with Crippen LogP contribution in [0.25, 0.3) is 0 Å². The fourth-order valence-electron chi connectivity index (χ4n) is 2.45. The van der Waals surface area contributed by atoms with Gasteiger partial charge in [-0.2, -0.15) is 0 Å². The molecule has 0 aliphatic carbocycles. The van der Waals surface area contributed by atoms with Gasteiger partial charge >= 0.3 is 5.97 Å². The summed E-state index contributed by atoms with van der Waals surface area (Å²) >= 11 is 0. The molecule has 1 atom stereocenters. The molecule has 0 saturated carbocycles. The van der Waals surface area contributed by atoms with Crippen molar-refractivity contribution in [2.45, 2.75) is 12.8 Å². The van der Waals surface area contributed by atoms with Crippen LogP contribution in [0.1, 0.15) is 12.0 Å². The van der Waals surface area contributed by atoms with Crippen molar-refractivity contribution in [3.8, 4) is 11.5 Å². The zero-order valence-corrected chi connectivity index (χ0v) is 12.2. The number of carbonyl (C=O) groups excluding carboxylic acids is 1. The molecular weight excluding hydrogens is 274 g/mol. The highest BCUT2D eigenvalue weighted by atomic mass is 16.5. The van der Waals surface area contributed by atoms with Gasteiger partial charge in [0, 0.05) is 19.5 Å². The third-order valence-electron chi connectivity index (χ3n) is 3.68. The Balaban J connectivity index is 1.97. The molecule has 0 bridgehead atoms. The van der Waals surface area contributed by atoms with Gasteiger partial charge < -0.3 is 19.5 Å². The molecule has 1 aliphatic heterocycles. The van der Waals surface area contributed by atoms with E-state index in [4.69, 9.17) is 14.6 Å². The van der Waals surface area contributed by atoms with Crippen LogP contribution >= 0.6 is 0 Å². The Morgan fingerprint density at radius 3 is 2.62 bits per heavy atom. The van der Waals surface area contributed by atoms with E-state index < -0.39 is 11.9 Å². The SMILES string of the molecule is COc1ccc(CCN2C[C@@H](C(=O)O)CC2=O)cc1OC. The highest BCUT2D eigenvalue weighted by molar-refractivity contribution is 5.86. The molecule has 1 saturated heterocycles. The van der Waals surface area contributed by atoms with Crippen LogP contribution in [0.2, 0.25) is 0 Å². The number of methoxy groups -OCH3 is 2. The van der Waals surface area contributed by atoms with Crippen LogP contribution < -0.4 is 9.47 Å². The van der Waals surface area contributed by atoms with E-state index in [0.717, 1.165) is 5.56 Å². The van der Waals surface area contributed by atoms with E-state index in [1.807, 2.05) is 18.2 Å². The average Bonchev–Trinajstić information content (AvgIpc) is 2.86. The zero-order chi connectivity index (χ0) is 15.4. The highest BCUT2D eigenvalue weighted by Crippen LogP contribution is 2.28. The Bertz CT molecular complexity index is 543. The van der Waals surface area contributed by atoms with Crippen LogP contribution in [0, 0.1) is 5.92 Å². The lowest BCUT2D eigenvalue weighted by molar-refractivity contribution is -0.141. The summed E-state index contributed by atoms with van der Waals surface area (Å²) in [4.78, 5) is 24.3. The second kappa shape index (κ2) is 6.47. The van der Waals surface area contributed by atoms with Gasteiger partial charge in [0.15, 0.2) is 11.5 Å². The highest BCUT2D eigenvalue weighted by Gasteiger charge is 2.33. The van der Waals surface area contributed by atoms with Crippen molar-refractivity contribution in [3.05, 3.63) is 23.8 Å². The molecule has 6 nitrogen and oxygen atoms in total. The third-order valence-corrected chi connectivity index (χ3v) is 3.68. The number of likely N-dealkylation sites (tertiary alicyclic amines) is 1. The second-order valence-electron chi connectivity index (χ2n) is 5.02. The predicted octanol–water partition coefficient (Wildman–Crippen LogP) is 1.18.